The van der Waals surface area contributed by atoms with E-state index in [-0.39, 0.29) is 17.7 Å². The number of pyridine rings is 1. The Labute approximate surface area is 210 Å². The van der Waals surface area contributed by atoms with Gasteiger partial charge in [-0.25, -0.2) is 0 Å². The van der Waals surface area contributed by atoms with Crippen molar-refractivity contribution >= 4 is 17.7 Å². The van der Waals surface area contributed by atoms with Gasteiger partial charge in [0, 0.05) is 18.0 Å². The number of nitrogens with zero attached hydrogens (tertiary/aromatic N) is 4. The molecule has 1 atom stereocenters. The lowest BCUT2D eigenvalue weighted by atomic mass is 9.89. The number of nitrogens with one attached hydrogen (secondary N) is 1. The number of fused-ring (bicyclic) bond motifs is 1. The lowest BCUT2D eigenvalue weighted by molar-refractivity contribution is -0.119. The van der Waals surface area contributed by atoms with Gasteiger partial charge in [0.15, 0.2) is 11.0 Å². The number of carbonyl (C=O) groups excluding carboxylic acids is 1. The Balaban J connectivity index is 1.33. The van der Waals surface area contributed by atoms with E-state index in [4.69, 9.17) is 0 Å². The zero-order valence-electron chi connectivity index (χ0n) is 20.1. The summed E-state index contributed by atoms with van der Waals surface area (Å²) in [4.78, 5) is 17.0. The van der Waals surface area contributed by atoms with Crippen molar-refractivity contribution in [1.29, 1.82) is 0 Å². The van der Waals surface area contributed by atoms with E-state index >= 15 is 0 Å². The highest BCUT2D eigenvalue weighted by molar-refractivity contribution is 7.99. The molecule has 0 radical (unpaired) electrons. The molecule has 2 aromatic heterocycles. The minimum Gasteiger partial charge on any atom is -0.349 e. The highest BCUT2D eigenvalue weighted by Crippen LogP contribution is 2.29. The minimum absolute atomic E-state index is 0.0231. The Morgan fingerprint density at radius 3 is 2.60 bits per heavy atom. The number of hydrogen-bond donors (Lipinski definition) is 1. The maximum atomic E-state index is 12.9. The minimum atomic E-state index is -0.0445. The molecule has 35 heavy (non-hydrogen) atoms. The zero-order valence-corrected chi connectivity index (χ0v) is 20.9. The Morgan fingerprint density at radius 2 is 1.80 bits per heavy atom. The number of hydrogen-bond acceptors (Lipinski definition) is 5. The van der Waals surface area contributed by atoms with E-state index in [9.17, 15) is 4.79 Å². The van der Waals surface area contributed by atoms with Crippen LogP contribution >= 0.6 is 11.8 Å². The summed E-state index contributed by atoms with van der Waals surface area (Å²) in [6.07, 6.45) is 8.30. The first-order chi connectivity index (χ1) is 17.1. The fourth-order valence-corrected chi connectivity index (χ4v) is 5.36. The third-order valence-electron chi connectivity index (χ3n) is 6.51. The largest absolute Gasteiger partial charge is 0.349 e. The average Bonchev–Trinajstić information content (AvgIpc) is 3.31. The van der Waals surface area contributed by atoms with E-state index in [1.54, 1.807) is 12.4 Å². The molecule has 0 bridgehead atoms. The second-order valence-electron chi connectivity index (χ2n) is 8.98. The number of benzene rings is 2. The zero-order chi connectivity index (χ0) is 24.2. The predicted molar refractivity (Wildman–Crippen MR) is 140 cm³/mol. The lowest BCUT2D eigenvalue weighted by Gasteiger charge is -2.20. The van der Waals surface area contributed by atoms with Crippen LogP contribution in [0.25, 0.3) is 17.1 Å². The summed E-state index contributed by atoms with van der Waals surface area (Å²) in [6, 6.07) is 18.6. The van der Waals surface area contributed by atoms with Gasteiger partial charge in [-0.1, -0.05) is 48.2 Å². The van der Waals surface area contributed by atoms with E-state index in [1.807, 2.05) is 41.8 Å². The maximum Gasteiger partial charge on any atom is 0.230 e. The normalized spacial score (nSPS) is 13.8. The quantitative estimate of drug-likeness (QED) is 0.352. The van der Waals surface area contributed by atoms with Crippen molar-refractivity contribution in [3.63, 3.8) is 0 Å². The molecule has 7 heteroatoms. The highest BCUT2D eigenvalue weighted by atomic mass is 32.2. The first-order valence-electron chi connectivity index (χ1n) is 12.1. The fraction of sp³-hybridized carbons (Fsp3) is 0.286. The number of carbonyl (C=O) groups is 1. The third-order valence-corrected chi connectivity index (χ3v) is 7.44. The van der Waals surface area contributed by atoms with Gasteiger partial charge >= 0.3 is 0 Å². The van der Waals surface area contributed by atoms with E-state index in [0.29, 0.717) is 5.16 Å². The van der Waals surface area contributed by atoms with Crippen molar-refractivity contribution in [1.82, 2.24) is 25.1 Å². The van der Waals surface area contributed by atoms with Crippen LogP contribution in [0.1, 0.15) is 48.1 Å². The summed E-state index contributed by atoms with van der Waals surface area (Å²) in [6.45, 7) is 4.11. The van der Waals surface area contributed by atoms with Crippen molar-refractivity contribution < 1.29 is 4.79 Å². The summed E-state index contributed by atoms with van der Waals surface area (Å²) in [5.41, 5.74) is 7.07. The number of aromatic nitrogens is 4. The summed E-state index contributed by atoms with van der Waals surface area (Å²) in [5.74, 6) is 0.965. The molecular weight excluding hydrogens is 454 g/mol. The van der Waals surface area contributed by atoms with E-state index < -0.39 is 0 Å². The van der Waals surface area contributed by atoms with Crippen molar-refractivity contribution in [2.75, 3.05) is 5.75 Å². The molecule has 2 aromatic carbocycles. The van der Waals surface area contributed by atoms with Crippen LogP contribution in [0.3, 0.4) is 0 Å². The van der Waals surface area contributed by atoms with Crippen LogP contribution in [0.5, 0.6) is 0 Å². The van der Waals surface area contributed by atoms with Crippen LogP contribution in [0.2, 0.25) is 0 Å². The standard InChI is InChI=1S/C28H29N5OS/c1-19-7-3-6-10-25(19)33-27(22-13-15-29-16-14-22)31-32-28(33)35-18-26(34)30-20(2)23-12-11-21-8-4-5-9-24(21)17-23/h3,6-7,10-17,20H,4-5,8-9,18H2,1-2H3,(H,30,34). The number of amides is 1. The van der Waals surface area contributed by atoms with Gasteiger partial charge in [-0.15, -0.1) is 10.2 Å². The van der Waals surface area contributed by atoms with E-state index in [1.165, 1.54) is 35.7 Å². The smallest absolute Gasteiger partial charge is 0.230 e. The van der Waals surface area contributed by atoms with Gasteiger partial charge in [0.2, 0.25) is 5.91 Å². The third kappa shape index (κ3) is 5.15. The molecule has 5 rings (SSSR count). The molecule has 1 aliphatic carbocycles. The fourth-order valence-electron chi connectivity index (χ4n) is 4.60. The molecule has 2 heterocycles. The lowest BCUT2D eigenvalue weighted by Crippen LogP contribution is -2.28. The van der Waals surface area contributed by atoms with Gasteiger partial charge in [0.25, 0.3) is 0 Å². The molecular formula is C28H29N5OS. The Hall–Kier alpha value is -3.45. The Kier molecular flexibility index (Phi) is 6.95. The summed E-state index contributed by atoms with van der Waals surface area (Å²) < 4.78 is 2.02. The molecule has 0 fully saturated rings. The molecule has 6 nitrogen and oxygen atoms in total. The van der Waals surface area contributed by atoms with Crippen molar-refractivity contribution in [3.05, 3.63) is 89.2 Å². The van der Waals surface area contributed by atoms with Crippen LogP contribution in [-0.4, -0.2) is 31.4 Å². The number of para-hydroxylation sites is 1. The van der Waals surface area contributed by atoms with E-state index in [2.05, 4.69) is 51.7 Å². The van der Waals surface area contributed by atoms with Gasteiger partial charge in [0.1, 0.15) is 0 Å². The molecule has 1 amide bonds. The SMILES string of the molecule is Cc1ccccc1-n1c(SCC(=O)NC(C)c2ccc3c(c2)CCCC3)nnc1-c1ccncc1. The van der Waals surface area contributed by atoms with Crippen molar-refractivity contribution in [2.45, 2.75) is 50.7 Å². The maximum absolute atomic E-state index is 12.9. The monoisotopic (exact) mass is 483 g/mol. The summed E-state index contributed by atoms with van der Waals surface area (Å²) >= 11 is 1.40. The number of rotatable bonds is 7. The molecule has 1 unspecified atom stereocenters. The summed E-state index contributed by atoms with van der Waals surface area (Å²) in [7, 11) is 0. The number of thioether (sulfide) groups is 1. The van der Waals surface area contributed by atoms with Gasteiger partial charge < -0.3 is 5.32 Å². The topological polar surface area (TPSA) is 72.7 Å². The highest BCUT2D eigenvalue weighted by Gasteiger charge is 2.19. The molecule has 0 saturated carbocycles. The van der Waals surface area contributed by atoms with E-state index in [0.717, 1.165) is 41.0 Å². The number of aryl methyl sites for hydroxylation is 3. The van der Waals surface area contributed by atoms with Gasteiger partial charge in [-0.2, -0.15) is 0 Å². The molecule has 1 aliphatic rings. The van der Waals surface area contributed by atoms with Crippen LogP contribution in [-0.2, 0) is 17.6 Å². The van der Waals surface area contributed by atoms with Crippen LogP contribution in [0.15, 0.2) is 72.1 Å². The Morgan fingerprint density at radius 1 is 1.03 bits per heavy atom. The van der Waals surface area contributed by atoms with Crippen LogP contribution in [0.4, 0.5) is 0 Å². The average molecular weight is 484 g/mol. The molecule has 1 N–H and O–H groups in total. The molecule has 0 spiro atoms. The first-order valence-corrected chi connectivity index (χ1v) is 13.0. The second-order valence-corrected chi connectivity index (χ2v) is 9.92. The van der Waals surface area contributed by atoms with Gasteiger partial charge in [-0.05, 0) is 80.0 Å². The second kappa shape index (κ2) is 10.4. The van der Waals surface area contributed by atoms with Crippen molar-refractivity contribution in [2.24, 2.45) is 0 Å². The summed E-state index contributed by atoms with van der Waals surface area (Å²) in [5, 5.41) is 12.7. The Bertz CT molecular complexity index is 1330. The van der Waals surface area contributed by atoms with Crippen LogP contribution in [0, 0.1) is 6.92 Å². The van der Waals surface area contributed by atoms with Gasteiger partial charge in [-0.3, -0.25) is 14.3 Å². The molecule has 0 aliphatic heterocycles. The first kappa shape index (κ1) is 23.3. The van der Waals surface area contributed by atoms with Crippen molar-refractivity contribution in [3.8, 4) is 17.1 Å². The molecule has 4 aromatic rings. The van der Waals surface area contributed by atoms with Crippen LogP contribution < -0.4 is 5.32 Å². The van der Waals surface area contributed by atoms with Gasteiger partial charge in [0.05, 0.1) is 17.5 Å². The molecule has 178 valence electrons. The predicted octanol–water partition coefficient (Wildman–Crippen LogP) is 5.49. The molecule has 0 saturated heterocycles.